The Kier molecular flexibility index (Phi) is 3.41. The van der Waals surface area contributed by atoms with E-state index < -0.39 is 0 Å². The molecule has 4 heterocycles. The highest BCUT2D eigenvalue weighted by molar-refractivity contribution is 7.11. The molecule has 3 aliphatic rings. The highest BCUT2D eigenvalue weighted by Gasteiger charge is 2.62. The van der Waals surface area contributed by atoms with Crippen molar-refractivity contribution < 1.29 is 4.74 Å². The van der Waals surface area contributed by atoms with Crippen LogP contribution in [0.15, 0.2) is 12.1 Å². The molecule has 1 aromatic heterocycles. The molecule has 21 heavy (non-hydrogen) atoms. The van der Waals surface area contributed by atoms with E-state index in [1.165, 1.54) is 35.7 Å². The second kappa shape index (κ2) is 5.05. The highest BCUT2D eigenvalue weighted by atomic mass is 32.1. The number of ether oxygens (including phenoxy) is 1. The average molecular weight is 306 g/mol. The fraction of sp³-hybridized carbons (Fsp3) is 0.765. The van der Waals surface area contributed by atoms with E-state index in [2.05, 4.69) is 43.0 Å². The van der Waals surface area contributed by atoms with Crippen LogP contribution in [-0.4, -0.2) is 55.2 Å². The highest BCUT2D eigenvalue weighted by Crippen LogP contribution is 2.55. The van der Waals surface area contributed by atoms with E-state index in [4.69, 9.17) is 4.74 Å². The lowest BCUT2D eigenvalue weighted by molar-refractivity contribution is 0.00152. The molecule has 3 fully saturated rings. The summed E-state index contributed by atoms with van der Waals surface area (Å²) in [6, 6.07) is 4.54. The van der Waals surface area contributed by atoms with Crippen LogP contribution in [0, 0.1) is 18.8 Å². The minimum Gasteiger partial charge on any atom is -0.370 e. The summed E-state index contributed by atoms with van der Waals surface area (Å²) in [5.41, 5.74) is 0.192. The van der Waals surface area contributed by atoms with Gasteiger partial charge in [-0.15, -0.1) is 11.3 Å². The lowest BCUT2D eigenvalue weighted by Crippen LogP contribution is -2.40. The van der Waals surface area contributed by atoms with E-state index in [-0.39, 0.29) is 5.60 Å². The molecule has 0 aliphatic carbocycles. The lowest BCUT2D eigenvalue weighted by atomic mass is 9.73. The molecule has 3 aliphatic heterocycles. The van der Waals surface area contributed by atoms with Gasteiger partial charge in [-0.05, 0) is 46.0 Å². The average Bonchev–Trinajstić information content (AvgIpc) is 3.12. The molecule has 1 spiro atoms. The molecule has 4 atom stereocenters. The fourth-order valence-corrected chi connectivity index (χ4v) is 5.80. The number of hydrogen-bond donors (Lipinski definition) is 0. The van der Waals surface area contributed by atoms with Crippen LogP contribution in [0.3, 0.4) is 0 Å². The van der Waals surface area contributed by atoms with E-state index in [1.807, 2.05) is 11.3 Å². The Bertz CT molecular complexity index is 529. The molecule has 0 amide bonds. The molecule has 3 saturated heterocycles. The van der Waals surface area contributed by atoms with E-state index in [0.717, 1.165) is 24.9 Å². The summed E-state index contributed by atoms with van der Waals surface area (Å²) < 4.78 is 6.51. The SMILES string of the molecule is Cc1ccc(CN2C[C@@H]3[C@H](CN(C)C)[C@H]4CC[C@]3(C2)O4)s1. The smallest absolute Gasteiger partial charge is 0.0858 e. The predicted octanol–water partition coefficient (Wildman–Crippen LogP) is 2.60. The molecular formula is C17H26N2OS. The van der Waals surface area contributed by atoms with Gasteiger partial charge < -0.3 is 9.64 Å². The van der Waals surface area contributed by atoms with Crippen molar-refractivity contribution in [2.45, 2.75) is 38.0 Å². The van der Waals surface area contributed by atoms with Gasteiger partial charge >= 0.3 is 0 Å². The van der Waals surface area contributed by atoms with Crippen LogP contribution in [0.5, 0.6) is 0 Å². The molecule has 3 nitrogen and oxygen atoms in total. The molecule has 116 valence electrons. The molecule has 0 saturated carbocycles. The third-order valence-corrected chi connectivity index (χ3v) is 6.59. The maximum atomic E-state index is 6.51. The van der Waals surface area contributed by atoms with Gasteiger partial charge in [-0.3, -0.25) is 4.90 Å². The zero-order valence-corrected chi connectivity index (χ0v) is 14.2. The summed E-state index contributed by atoms with van der Waals surface area (Å²) in [4.78, 5) is 7.90. The predicted molar refractivity (Wildman–Crippen MR) is 86.7 cm³/mol. The number of aryl methyl sites for hydroxylation is 1. The third kappa shape index (κ3) is 2.37. The molecule has 4 rings (SSSR count). The summed E-state index contributed by atoms with van der Waals surface area (Å²) in [5.74, 6) is 1.49. The number of fused-ring (bicyclic) bond motifs is 1. The second-order valence-electron chi connectivity index (χ2n) is 7.47. The Morgan fingerprint density at radius 2 is 2.29 bits per heavy atom. The largest absolute Gasteiger partial charge is 0.370 e. The van der Waals surface area contributed by atoms with Crippen molar-refractivity contribution in [3.8, 4) is 0 Å². The standard InChI is InChI=1S/C17H26N2OS/c1-12-4-5-13(21-12)8-19-10-15-14(9-18(2)3)16-6-7-17(15,11-19)20-16/h4-5,14-16H,6-11H2,1-3H3/t14-,15+,16+,17+/m0/s1. The van der Waals surface area contributed by atoms with Gasteiger partial charge in [0.05, 0.1) is 11.7 Å². The molecular weight excluding hydrogens is 280 g/mol. The Labute approximate surface area is 131 Å². The van der Waals surface area contributed by atoms with Gasteiger partial charge in [0.1, 0.15) is 0 Å². The minimum absolute atomic E-state index is 0.192. The lowest BCUT2D eigenvalue weighted by Gasteiger charge is -2.31. The quantitative estimate of drug-likeness (QED) is 0.850. The van der Waals surface area contributed by atoms with Crippen LogP contribution in [0.25, 0.3) is 0 Å². The summed E-state index contributed by atoms with van der Waals surface area (Å²) in [7, 11) is 4.39. The maximum Gasteiger partial charge on any atom is 0.0858 e. The van der Waals surface area contributed by atoms with Crippen LogP contribution in [0.4, 0.5) is 0 Å². The van der Waals surface area contributed by atoms with E-state index in [1.54, 1.807) is 0 Å². The normalized spacial score (nSPS) is 38.6. The molecule has 4 heteroatoms. The van der Waals surface area contributed by atoms with Gasteiger partial charge in [-0.1, -0.05) is 0 Å². The van der Waals surface area contributed by atoms with Crippen molar-refractivity contribution in [1.29, 1.82) is 0 Å². The van der Waals surface area contributed by atoms with Crippen LogP contribution >= 0.6 is 11.3 Å². The van der Waals surface area contributed by atoms with Gasteiger partial charge in [0.25, 0.3) is 0 Å². The first-order valence-corrected chi connectivity index (χ1v) is 8.98. The topological polar surface area (TPSA) is 15.7 Å². The Morgan fingerprint density at radius 1 is 1.43 bits per heavy atom. The first kappa shape index (κ1) is 14.2. The van der Waals surface area contributed by atoms with Gasteiger partial charge in [0, 0.05) is 47.8 Å². The van der Waals surface area contributed by atoms with Crippen LogP contribution in [-0.2, 0) is 11.3 Å². The molecule has 0 aromatic carbocycles. The first-order valence-electron chi connectivity index (χ1n) is 8.16. The molecule has 0 radical (unpaired) electrons. The first-order chi connectivity index (χ1) is 10.1. The van der Waals surface area contributed by atoms with Crippen LogP contribution < -0.4 is 0 Å². The monoisotopic (exact) mass is 306 g/mol. The fourth-order valence-electron chi connectivity index (χ4n) is 4.86. The van der Waals surface area contributed by atoms with Gasteiger partial charge in [-0.2, -0.15) is 0 Å². The Hall–Kier alpha value is -0.420. The van der Waals surface area contributed by atoms with Gasteiger partial charge in [0.15, 0.2) is 0 Å². The van der Waals surface area contributed by atoms with Gasteiger partial charge in [-0.25, -0.2) is 0 Å². The van der Waals surface area contributed by atoms with Crippen LogP contribution in [0.1, 0.15) is 22.6 Å². The van der Waals surface area contributed by atoms with Crippen molar-refractivity contribution in [2.75, 3.05) is 33.7 Å². The third-order valence-electron chi connectivity index (χ3n) is 5.61. The zero-order valence-electron chi connectivity index (χ0n) is 13.3. The minimum atomic E-state index is 0.192. The zero-order chi connectivity index (χ0) is 14.6. The van der Waals surface area contributed by atoms with Crippen molar-refractivity contribution in [3.63, 3.8) is 0 Å². The van der Waals surface area contributed by atoms with Gasteiger partial charge in [0.2, 0.25) is 0 Å². The van der Waals surface area contributed by atoms with Crippen molar-refractivity contribution in [1.82, 2.24) is 9.80 Å². The van der Waals surface area contributed by atoms with Crippen molar-refractivity contribution >= 4 is 11.3 Å². The maximum absolute atomic E-state index is 6.51. The molecule has 2 bridgehead atoms. The Morgan fingerprint density at radius 3 is 3.00 bits per heavy atom. The second-order valence-corrected chi connectivity index (χ2v) is 8.85. The summed E-state index contributed by atoms with van der Waals surface area (Å²) in [6.07, 6.45) is 3.09. The molecule has 0 unspecified atom stereocenters. The summed E-state index contributed by atoms with van der Waals surface area (Å²) in [5, 5.41) is 0. The van der Waals surface area contributed by atoms with E-state index >= 15 is 0 Å². The van der Waals surface area contributed by atoms with E-state index in [9.17, 15) is 0 Å². The summed E-state index contributed by atoms with van der Waals surface area (Å²) in [6.45, 7) is 6.87. The Balaban J connectivity index is 1.48. The summed E-state index contributed by atoms with van der Waals surface area (Å²) >= 11 is 1.94. The van der Waals surface area contributed by atoms with Crippen molar-refractivity contribution in [2.24, 2.45) is 11.8 Å². The van der Waals surface area contributed by atoms with Crippen molar-refractivity contribution in [3.05, 3.63) is 21.9 Å². The number of thiophene rings is 1. The molecule has 0 N–H and O–H groups in total. The number of hydrogen-bond acceptors (Lipinski definition) is 4. The molecule has 1 aromatic rings. The number of rotatable bonds is 4. The van der Waals surface area contributed by atoms with E-state index in [0.29, 0.717) is 6.10 Å². The van der Waals surface area contributed by atoms with Crippen LogP contribution in [0.2, 0.25) is 0 Å². The number of nitrogens with zero attached hydrogens (tertiary/aromatic N) is 2. The number of likely N-dealkylation sites (tertiary alicyclic amines) is 1.